The van der Waals surface area contributed by atoms with Crippen molar-refractivity contribution in [1.29, 1.82) is 0 Å². The number of carbonyl (C=O) groups is 2. The van der Waals surface area contributed by atoms with Gasteiger partial charge in [0.05, 0.1) is 10.5 Å². The number of nitrogens with one attached hydrogen (secondary N) is 1. The SMILES string of the molecule is O=C(F)c1ccc(NC(=O)c2ccc([N+](=O)[O-])cc2)cc1. The maximum absolute atomic E-state index is 12.4. The lowest BCUT2D eigenvalue weighted by Gasteiger charge is -2.05. The fourth-order valence-corrected chi connectivity index (χ4v) is 1.62. The van der Waals surface area contributed by atoms with E-state index in [2.05, 4.69) is 5.32 Å². The van der Waals surface area contributed by atoms with E-state index in [4.69, 9.17) is 0 Å². The lowest BCUT2D eigenvalue weighted by atomic mass is 10.1. The van der Waals surface area contributed by atoms with Crippen LogP contribution in [-0.2, 0) is 0 Å². The molecule has 0 heterocycles. The number of benzene rings is 2. The van der Waals surface area contributed by atoms with Crippen molar-refractivity contribution in [2.24, 2.45) is 0 Å². The van der Waals surface area contributed by atoms with Gasteiger partial charge >= 0.3 is 6.04 Å². The lowest BCUT2D eigenvalue weighted by Crippen LogP contribution is -2.11. The van der Waals surface area contributed by atoms with Crippen molar-refractivity contribution >= 4 is 23.3 Å². The number of hydrogen-bond acceptors (Lipinski definition) is 4. The molecular formula is C14H9FN2O4. The second-order valence-electron chi connectivity index (χ2n) is 4.11. The van der Waals surface area contributed by atoms with Gasteiger partial charge in [-0.1, -0.05) is 0 Å². The van der Waals surface area contributed by atoms with Crippen molar-refractivity contribution in [2.45, 2.75) is 0 Å². The van der Waals surface area contributed by atoms with Crippen molar-refractivity contribution in [3.05, 3.63) is 69.8 Å². The zero-order valence-corrected chi connectivity index (χ0v) is 10.6. The molecule has 1 N–H and O–H groups in total. The van der Waals surface area contributed by atoms with E-state index in [1.807, 2.05) is 0 Å². The first-order valence-corrected chi connectivity index (χ1v) is 5.83. The van der Waals surface area contributed by atoms with Crippen LogP contribution in [0.5, 0.6) is 0 Å². The number of anilines is 1. The van der Waals surface area contributed by atoms with E-state index in [1.165, 1.54) is 48.5 Å². The summed E-state index contributed by atoms with van der Waals surface area (Å²) in [7, 11) is 0. The van der Waals surface area contributed by atoms with Gasteiger partial charge in [0.15, 0.2) is 0 Å². The predicted molar refractivity (Wildman–Crippen MR) is 72.9 cm³/mol. The molecule has 0 saturated heterocycles. The minimum absolute atomic E-state index is 0.108. The minimum Gasteiger partial charge on any atom is -0.322 e. The van der Waals surface area contributed by atoms with Gasteiger partial charge in [0.25, 0.3) is 11.6 Å². The molecule has 6 nitrogen and oxygen atoms in total. The van der Waals surface area contributed by atoms with Crippen LogP contribution in [0.1, 0.15) is 20.7 Å². The molecule has 0 aromatic heterocycles. The van der Waals surface area contributed by atoms with Crippen LogP contribution in [0.3, 0.4) is 0 Å². The average molecular weight is 288 g/mol. The van der Waals surface area contributed by atoms with E-state index in [1.54, 1.807) is 0 Å². The number of carbonyl (C=O) groups excluding carboxylic acids is 2. The maximum Gasteiger partial charge on any atom is 0.332 e. The molecular weight excluding hydrogens is 279 g/mol. The third-order valence-corrected chi connectivity index (χ3v) is 2.71. The Bertz CT molecular complexity index is 696. The average Bonchev–Trinajstić information content (AvgIpc) is 2.47. The Labute approximate surface area is 118 Å². The topological polar surface area (TPSA) is 89.3 Å². The molecule has 2 aromatic carbocycles. The molecule has 0 bridgehead atoms. The van der Waals surface area contributed by atoms with E-state index in [0.717, 1.165) is 0 Å². The van der Waals surface area contributed by atoms with Crippen LogP contribution in [-0.4, -0.2) is 16.9 Å². The first-order chi connectivity index (χ1) is 9.97. The Kier molecular flexibility index (Phi) is 4.03. The zero-order chi connectivity index (χ0) is 15.4. The number of amides is 1. The number of hydrogen-bond donors (Lipinski definition) is 1. The Morgan fingerprint density at radius 2 is 1.48 bits per heavy atom. The summed E-state index contributed by atoms with van der Waals surface area (Å²) in [6, 6.07) is 8.80. The Balaban J connectivity index is 2.10. The fourth-order valence-electron chi connectivity index (χ4n) is 1.62. The van der Waals surface area contributed by atoms with Crippen molar-refractivity contribution in [1.82, 2.24) is 0 Å². The monoisotopic (exact) mass is 288 g/mol. The van der Waals surface area contributed by atoms with Crippen molar-refractivity contribution < 1.29 is 18.9 Å². The highest BCUT2D eigenvalue weighted by Crippen LogP contribution is 2.15. The van der Waals surface area contributed by atoms with Gasteiger partial charge in [-0.15, -0.1) is 0 Å². The molecule has 0 spiro atoms. The normalized spacial score (nSPS) is 9.95. The quantitative estimate of drug-likeness (QED) is 0.532. The molecule has 21 heavy (non-hydrogen) atoms. The van der Waals surface area contributed by atoms with E-state index in [9.17, 15) is 24.1 Å². The van der Waals surface area contributed by atoms with Gasteiger partial charge in [-0.05, 0) is 36.4 Å². The number of nitro benzene ring substituents is 1. The second-order valence-corrected chi connectivity index (χ2v) is 4.11. The maximum atomic E-state index is 12.4. The van der Waals surface area contributed by atoms with E-state index in [0.29, 0.717) is 5.69 Å². The standard InChI is InChI=1S/C14H9FN2O4/c15-13(18)9-1-5-11(6-2-9)16-14(19)10-3-7-12(8-4-10)17(20)21/h1-8H,(H,16,19). The molecule has 106 valence electrons. The number of nitrogens with zero attached hydrogens (tertiary/aromatic N) is 1. The molecule has 1 amide bonds. The number of nitro groups is 1. The Morgan fingerprint density at radius 1 is 0.952 bits per heavy atom. The highest BCUT2D eigenvalue weighted by atomic mass is 19.1. The molecule has 0 radical (unpaired) electrons. The largest absolute Gasteiger partial charge is 0.332 e. The van der Waals surface area contributed by atoms with Crippen LogP contribution in [0, 0.1) is 10.1 Å². The van der Waals surface area contributed by atoms with Crippen molar-refractivity contribution in [2.75, 3.05) is 5.32 Å². The first kappa shape index (κ1) is 14.3. The van der Waals surface area contributed by atoms with Crippen LogP contribution >= 0.6 is 0 Å². The lowest BCUT2D eigenvalue weighted by molar-refractivity contribution is -0.384. The molecule has 0 atom stereocenters. The number of rotatable bonds is 4. The Hall–Kier alpha value is -3.09. The van der Waals surface area contributed by atoms with Gasteiger partial charge in [0.1, 0.15) is 0 Å². The van der Waals surface area contributed by atoms with Gasteiger partial charge < -0.3 is 5.32 Å². The van der Waals surface area contributed by atoms with E-state index >= 15 is 0 Å². The van der Waals surface area contributed by atoms with Gasteiger partial charge in [-0.25, -0.2) is 0 Å². The van der Waals surface area contributed by atoms with Crippen molar-refractivity contribution in [3.8, 4) is 0 Å². The minimum atomic E-state index is -1.55. The summed E-state index contributed by atoms with van der Waals surface area (Å²) in [5.41, 5.74) is 0.398. The van der Waals surface area contributed by atoms with Gasteiger partial charge in [-0.3, -0.25) is 19.7 Å². The molecule has 2 aromatic rings. The fraction of sp³-hybridized carbons (Fsp3) is 0. The summed E-state index contributed by atoms with van der Waals surface area (Å²) in [5, 5.41) is 13.0. The second kappa shape index (κ2) is 5.91. The molecule has 0 aliphatic heterocycles. The smallest absolute Gasteiger partial charge is 0.322 e. The summed E-state index contributed by atoms with van der Waals surface area (Å²) in [6.45, 7) is 0. The number of non-ortho nitro benzene ring substituents is 1. The highest BCUT2D eigenvalue weighted by molar-refractivity contribution is 6.04. The summed E-state index contributed by atoms with van der Waals surface area (Å²) in [6.07, 6.45) is 0. The molecule has 7 heteroatoms. The third-order valence-electron chi connectivity index (χ3n) is 2.71. The Morgan fingerprint density at radius 3 is 1.95 bits per heavy atom. The van der Waals surface area contributed by atoms with E-state index in [-0.39, 0.29) is 16.8 Å². The van der Waals surface area contributed by atoms with Crippen LogP contribution < -0.4 is 5.32 Å². The van der Waals surface area contributed by atoms with E-state index < -0.39 is 16.9 Å². The van der Waals surface area contributed by atoms with Crippen LogP contribution in [0.4, 0.5) is 15.8 Å². The van der Waals surface area contributed by atoms with Gasteiger partial charge in [0, 0.05) is 23.4 Å². The molecule has 0 saturated carbocycles. The molecule has 2 rings (SSSR count). The summed E-state index contributed by atoms with van der Waals surface area (Å²) in [5.74, 6) is -0.468. The van der Waals surface area contributed by atoms with Crippen LogP contribution in [0.2, 0.25) is 0 Å². The molecule has 0 fully saturated rings. The van der Waals surface area contributed by atoms with Gasteiger partial charge in [-0.2, -0.15) is 4.39 Å². The van der Waals surface area contributed by atoms with Gasteiger partial charge in [0.2, 0.25) is 0 Å². The van der Waals surface area contributed by atoms with Crippen molar-refractivity contribution in [3.63, 3.8) is 0 Å². The predicted octanol–water partition coefficient (Wildman–Crippen LogP) is 2.96. The third kappa shape index (κ3) is 3.47. The summed E-state index contributed by atoms with van der Waals surface area (Å²) >= 11 is 0. The van der Waals surface area contributed by atoms with Crippen LogP contribution in [0.25, 0.3) is 0 Å². The zero-order valence-electron chi connectivity index (χ0n) is 10.6. The molecule has 0 unspecified atom stereocenters. The highest BCUT2D eigenvalue weighted by Gasteiger charge is 2.10. The van der Waals surface area contributed by atoms with Crippen LogP contribution in [0.15, 0.2) is 48.5 Å². The molecule has 0 aliphatic carbocycles. The summed E-state index contributed by atoms with van der Waals surface area (Å²) < 4.78 is 12.4. The first-order valence-electron chi connectivity index (χ1n) is 5.83. The summed E-state index contributed by atoms with van der Waals surface area (Å²) in [4.78, 5) is 32.3. The molecule has 0 aliphatic rings. The number of halogens is 1.